The number of carbonyl (C=O) groups excluding carboxylic acids is 1. The zero-order valence-corrected chi connectivity index (χ0v) is 13.1. The van der Waals surface area contributed by atoms with Crippen molar-refractivity contribution in [3.05, 3.63) is 29.8 Å². The van der Waals surface area contributed by atoms with Crippen LogP contribution in [-0.4, -0.2) is 29.6 Å². The van der Waals surface area contributed by atoms with Gasteiger partial charge in [-0.1, -0.05) is 19.4 Å². The van der Waals surface area contributed by atoms with E-state index in [1.54, 1.807) is 6.92 Å². The van der Waals surface area contributed by atoms with E-state index in [1.807, 2.05) is 0 Å². The number of halogens is 4. The second-order valence-corrected chi connectivity index (χ2v) is 4.69. The summed E-state index contributed by atoms with van der Waals surface area (Å²) in [5.74, 6) is -1.68. The Hall–Kier alpha value is -1.80. The molecule has 9 heteroatoms. The molecule has 0 bridgehead atoms. The number of rotatable bonds is 7. The van der Waals surface area contributed by atoms with E-state index in [0.717, 1.165) is 12.1 Å². The van der Waals surface area contributed by atoms with Crippen LogP contribution in [0.3, 0.4) is 0 Å². The van der Waals surface area contributed by atoms with Crippen molar-refractivity contribution >= 4 is 30.0 Å². The van der Waals surface area contributed by atoms with Crippen molar-refractivity contribution in [3.8, 4) is 0 Å². The maximum absolute atomic E-state index is 12.5. The number of hydrogen-bond acceptors (Lipinski definition) is 3. The first-order valence-corrected chi connectivity index (χ1v) is 6.67. The third-order valence-corrected chi connectivity index (χ3v) is 2.86. The number of nitrogens with one attached hydrogen (secondary N) is 2. The molecule has 1 aromatic rings. The van der Waals surface area contributed by atoms with Crippen LogP contribution < -0.4 is 10.6 Å². The van der Waals surface area contributed by atoms with Crippen LogP contribution in [0.5, 0.6) is 0 Å². The Morgan fingerprint density at radius 2 is 1.96 bits per heavy atom. The monoisotopic (exact) mass is 354 g/mol. The number of carboxylic acids is 1. The molecule has 130 valence electrons. The fraction of sp³-hybridized carbons (Fsp3) is 0.429. The zero-order valence-electron chi connectivity index (χ0n) is 12.3. The van der Waals surface area contributed by atoms with Crippen molar-refractivity contribution < 1.29 is 27.9 Å². The van der Waals surface area contributed by atoms with Crippen molar-refractivity contribution in [1.82, 2.24) is 5.32 Å². The number of anilines is 1. The van der Waals surface area contributed by atoms with Crippen molar-refractivity contribution in [2.45, 2.75) is 32.0 Å². The second kappa shape index (κ2) is 9.36. The lowest BCUT2D eigenvalue weighted by atomic mass is 10.1. The van der Waals surface area contributed by atoms with E-state index in [4.69, 9.17) is 5.11 Å². The van der Waals surface area contributed by atoms with Gasteiger partial charge < -0.3 is 10.4 Å². The highest BCUT2D eigenvalue weighted by atomic mass is 35.5. The number of hydrogen-bond donors (Lipinski definition) is 3. The molecule has 0 spiro atoms. The predicted molar refractivity (Wildman–Crippen MR) is 81.7 cm³/mol. The molecule has 0 aliphatic heterocycles. The summed E-state index contributed by atoms with van der Waals surface area (Å²) in [6.45, 7) is 1.51. The van der Waals surface area contributed by atoms with E-state index in [0.29, 0.717) is 12.8 Å². The maximum atomic E-state index is 12.5. The van der Waals surface area contributed by atoms with Crippen LogP contribution in [0.2, 0.25) is 0 Å². The first-order valence-electron chi connectivity index (χ1n) is 6.67. The molecule has 0 saturated carbocycles. The van der Waals surface area contributed by atoms with Crippen LogP contribution in [0.4, 0.5) is 18.9 Å². The van der Waals surface area contributed by atoms with Gasteiger partial charge in [-0.25, -0.2) is 0 Å². The largest absolute Gasteiger partial charge is 0.480 e. The number of alkyl halides is 3. The second-order valence-electron chi connectivity index (χ2n) is 4.69. The van der Waals surface area contributed by atoms with Gasteiger partial charge in [0.05, 0.1) is 12.1 Å². The summed E-state index contributed by atoms with van der Waals surface area (Å²) in [4.78, 5) is 22.6. The highest BCUT2D eigenvalue weighted by Gasteiger charge is 2.30. The van der Waals surface area contributed by atoms with E-state index in [9.17, 15) is 22.8 Å². The SMILES string of the molecule is CCCC(NCC(=O)Nc1cccc(C(F)(F)F)c1)C(=O)O.Cl. The molecule has 0 aliphatic carbocycles. The molecule has 0 saturated heterocycles. The number of benzene rings is 1. The van der Waals surface area contributed by atoms with Crippen LogP contribution in [0.15, 0.2) is 24.3 Å². The first kappa shape index (κ1) is 21.2. The molecule has 0 radical (unpaired) electrons. The van der Waals surface area contributed by atoms with Gasteiger partial charge in [0.1, 0.15) is 6.04 Å². The molecular formula is C14H18ClF3N2O3. The third kappa shape index (κ3) is 7.34. The van der Waals surface area contributed by atoms with Gasteiger partial charge in [0.25, 0.3) is 0 Å². The predicted octanol–water partition coefficient (Wildman–Crippen LogP) is 2.91. The maximum Gasteiger partial charge on any atom is 0.416 e. The van der Waals surface area contributed by atoms with Crippen LogP contribution in [0.25, 0.3) is 0 Å². The molecular weight excluding hydrogens is 337 g/mol. The Morgan fingerprint density at radius 1 is 1.30 bits per heavy atom. The van der Waals surface area contributed by atoms with Gasteiger partial charge in [-0.2, -0.15) is 13.2 Å². The molecule has 3 N–H and O–H groups in total. The number of amides is 1. The van der Waals surface area contributed by atoms with Gasteiger partial charge in [0, 0.05) is 5.69 Å². The third-order valence-electron chi connectivity index (χ3n) is 2.86. The summed E-state index contributed by atoms with van der Waals surface area (Å²) in [6.07, 6.45) is -3.51. The standard InChI is InChI=1S/C14H17F3N2O3.ClH/c1-2-4-11(13(21)22)18-8-12(20)19-10-6-3-5-9(7-10)14(15,16)17;/h3,5-7,11,18H,2,4,8H2,1H3,(H,19,20)(H,21,22);1H. The van der Waals surface area contributed by atoms with Crippen molar-refractivity contribution in [3.63, 3.8) is 0 Å². The summed E-state index contributed by atoms with van der Waals surface area (Å²) in [7, 11) is 0. The number of carboxylic acid groups (broad SMARTS) is 1. The highest BCUT2D eigenvalue weighted by Crippen LogP contribution is 2.30. The van der Waals surface area contributed by atoms with Crippen LogP contribution in [0, 0.1) is 0 Å². The van der Waals surface area contributed by atoms with E-state index in [-0.39, 0.29) is 24.6 Å². The molecule has 1 amide bonds. The van der Waals surface area contributed by atoms with E-state index >= 15 is 0 Å². The number of aliphatic carboxylic acids is 1. The quantitative estimate of drug-likeness (QED) is 0.703. The van der Waals surface area contributed by atoms with Gasteiger partial charge in [0.2, 0.25) is 5.91 Å². The van der Waals surface area contributed by atoms with Gasteiger partial charge >= 0.3 is 12.1 Å². The molecule has 0 heterocycles. The van der Waals surface area contributed by atoms with E-state index < -0.39 is 29.7 Å². The fourth-order valence-electron chi connectivity index (χ4n) is 1.80. The molecule has 0 aromatic heterocycles. The Balaban J connectivity index is 0.00000484. The van der Waals surface area contributed by atoms with Crippen LogP contribution >= 0.6 is 12.4 Å². The summed E-state index contributed by atoms with van der Waals surface area (Å²) < 4.78 is 37.6. The zero-order chi connectivity index (χ0) is 16.8. The molecule has 1 atom stereocenters. The van der Waals surface area contributed by atoms with Crippen molar-refractivity contribution in [2.75, 3.05) is 11.9 Å². The molecule has 1 rings (SSSR count). The minimum absolute atomic E-state index is 0. The Labute approximate surface area is 137 Å². The van der Waals surface area contributed by atoms with Gasteiger partial charge in [-0.05, 0) is 24.6 Å². The average molecular weight is 355 g/mol. The molecule has 5 nitrogen and oxygen atoms in total. The normalized spacial score (nSPS) is 12.2. The Morgan fingerprint density at radius 3 is 2.48 bits per heavy atom. The first-order chi connectivity index (χ1) is 10.2. The van der Waals surface area contributed by atoms with Crippen molar-refractivity contribution in [2.24, 2.45) is 0 Å². The lowest BCUT2D eigenvalue weighted by Crippen LogP contribution is -2.41. The minimum Gasteiger partial charge on any atom is -0.480 e. The molecule has 0 fully saturated rings. The van der Waals surface area contributed by atoms with Gasteiger partial charge in [-0.3, -0.25) is 14.9 Å². The van der Waals surface area contributed by atoms with E-state index in [2.05, 4.69) is 10.6 Å². The molecule has 1 unspecified atom stereocenters. The summed E-state index contributed by atoms with van der Waals surface area (Å²) in [5.41, 5.74) is -0.864. The smallest absolute Gasteiger partial charge is 0.416 e. The molecule has 0 aliphatic rings. The summed E-state index contributed by atoms with van der Waals surface area (Å²) in [6, 6.07) is 3.36. The van der Waals surface area contributed by atoms with Crippen LogP contribution in [-0.2, 0) is 15.8 Å². The lowest BCUT2D eigenvalue weighted by Gasteiger charge is -2.14. The fourth-order valence-corrected chi connectivity index (χ4v) is 1.80. The Kier molecular flexibility index (Phi) is 8.63. The highest BCUT2D eigenvalue weighted by molar-refractivity contribution is 5.92. The molecule has 1 aromatic carbocycles. The topological polar surface area (TPSA) is 78.4 Å². The number of carbonyl (C=O) groups is 2. The minimum atomic E-state index is -4.49. The van der Waals surface area contributed by atoms with Crippen molar-refractivity contribution in [1.29, 1.82) is 0 Å². The summed E-state index contributed by atoms with van der Waals surface area (Å²) >= 11 is 0. The van der Waals surface area contributed by atoms with Gasteiger partial charge in [-0.15, -0.1) is 12.4 Å². The average Bonchev–Trinajstić information content (AvgIpc) is 2.42. The van der Waals surface area contributed by atoms with Gasteiger partial charge in [0.15, 0.2) is 0 Å². The lowest BCUT2D eigenvalue weighted by molar-refractivity contribution is -0.140. The Bertz CT molecular complexity index is 538. The summed E-state index contributed by atoms with van der Waals surface area (Å²) in [5, 5.41) is 13.8. The molecule has 23 heavy (non-hydrogen) atoms. The van der Waals surface area contributed by atoms with Crippen LogP contribution in [0.1, 0.15) is 25.3 Å². The van der Waals surface area contributed by atoms with E-state index in [1.165, 1.54) is 12.1 Å².